The van der Waals surface area contributed by atoms with Crippen molar-refractivity contribution < 1.29 is 14.3 Å². The van der Waals surface area contributed by atoms with Gasteiger partial charge in [-0.15, -0.1) is 0 Å². The van der Waals surface area contributed by atoms with Crippen LogP contribution in [0.15, 0.2) is 30.3 Å². The summed E-state index contributed by atoms with van der Waals surface area (Å²) < 4.78 is 13.1. The van der Waals surface area contributed by atoms with Gasteiger partial charge in [0, 0.05) is 20.4 Å². The molecule has 0 bridgehead atoms. The first-order valence-electron chi connectivity index (χ1n) is 10.5. The normalized spacial score (nSPS) is 13.4. The summed E-state index contributed by atoms with van der Waals surface area (Å²) in [6, 6.07) is 12.0. The van der Waals surface area contributed by atoms with Crippen molar-refractivity contribution in [2.45, 2.75) is 66.6 Å². The number of ether oxygens (including phenoxy) is 2. The predicted molar refractivity (Wildman–Crippen MR) is 122 cm³/mol. The number of benzene rings is 1. The van der Waals surface area contributed by atoms with Crippen molar-refractivity contribution in [3.8, 4) is 6.07 Å². The molecular formula is C25H33N3O3. The third-order valence-electron chi connectivity index (χ3n) is 4.77. The van der Waals surface area contributed by atoms with Gasteiger partial charge in [-0.2, -0.15) is 10.4 Å². The molecule has 1 unspecified atom stereocenters. The molecule has 1 aromatic carbocycles. The van der Waals surface area contributed by atoms with Crippen LogP contribution < -0.4 is 0 Å². The number of carbonyl (C=O) groups is 1. The van der Waals surface area contributed by atoms with E-state index in [9.17, 15) is 10.1 Å². The number of nitrogens with zero attached hydrogens (tertiary/aromatic N) is 3. The van der Waals surface area contributed by atoms with Gasteiger partial charge in [0.05, 0.1) is 5.69 Å². The Morgan fingerprint density at radius 3 is 2.23 bits per heavy atom. The molecular weight excluding hydrogens is 390 g/mol. The Labute approximate surface area is 185 Å². The summed E-state index contributed by atoms with van der Waals surface area (Å²) >= 11 is 0. The molecule has 0 aliphatic carbocycles. The van der Waals surface area contributed by atoms with Gasteiger partial charge in [-0.05, 0) is 35.4 Å². The lowest BCUT2D eigenvalue weighted by Gasteiger charge is -2.21. The number of allylic oxidation sites excluding steroid dienone is 1. The van der Waals surface area contributed by atoms with Crippen LogP contribution in [0.25, 0.3) is 11.3 Å². The first-order chi connectivity index (χ1) is 14.4. The van der Waals surface area contributed by atoms with Gasteiger partial charge < -0.3 is 9.47 Å². The molecule has 1 heterocycles. The number of esters is 1. The van der Waals surface area contributed by atoms with Crippen molar-refractivity contribution >= 4 is 17.3 Å². The molecule has 0 amide bonds. The van der Waals surface area contributed by atoms with Gasteiger partial charge in [0.25, 0.3) is 0 Å². The van der Waals surface area contributed by atoms with Crippen LogP contribution in [0.4, 0.5) is 0 Å². The zero-order valence-corrected chi connectivity index (χ0v) is 19.8. The van der Waals surface area contributed by atoms with Gasteiger partial charge in [-0.25, -0.2) is 0 Å². The molecule has 1 atom stereocenters. The Morgan fingerprint density at radius 1 is 1.16 bits per heavy atom. The Morgan fingerprint density at radius 2 is 1.77 bits per heavy atom. The van der Waals surface area contributed by atoms with Crippen LogP contribution in [0, 0.1) is 24.2 Å². The molecule has 6 nitrogen and oxygen atoms in total. The molecule has 0 radical (unpaired) electrons. The fourth-order valence-electron chi connectivity index (χ4n) is 3.21. The van der Waals surface area contributed by atoms with Crippen LogP contribution in [0.5, 0.6) is 0 Å². The van der Waals surface area contributed by atoms with E-state index in [1.807, 2.05) is 51.1 Å². The number of rotatable bonds is 7. The van der Waals surface area contributed by atoms with Crippen molar-refractivity contribution in [2.75, 3.05) is 0 Å². The maximum atomic E-state index is 12.1. The number of aryl methyl sites for hydroxylation is 2. The average Bonchev–Trinajstić information content (AvgIpc) is 2.98. The zero-order chi connectivity index (χ0) is 23.3. The topological polar surface area (TPSA) is 77.1 Å². The highest BCUT2D eigenvalue weighted by molar-refractivity contribution is 5.94. The number of nitriles is 1. The third kappa shape index (κ3) is 6.45. The van der Waals surface area contributed by atoms with Crippen molar-refractivity contribution in [3.05, 3.63) is 52.8 Å². The average molecular weight is 424 g/mol. The van der Waals surface area contributed by atoms with E-state index < -0.39 is 6.29 Å². The summed E-state index contributed by atoms with van der Waals surface area (Å²) in [5.41, 5.74) is 3.69. The fraction of sp³-hybridized carbons (Fsp3) is 0.480. The van der Waals surface area contributed by atoms with E-state index in [-0.39, 0.29) is 17.3 Å². The number of hydrogen-bond donors (Lipinski definition) is 0. The highest BCUT2D eigenvalue weighted by atomic mass is 16.7. The summed E-state index contributed by atoms with van der Waals surface area (Å²) in [5.74, 6) is 0.181. The van der Waals surface area contributed by atoms with Crippen LogP contribution in [0.2, 0.25) is 0 Å². The lowest BCUT2D eigenvalue weighted by atomic mass is 9.86. The molecule has 2 aromatic rings. The van der Waals surface area contributed by atoms with Crippen LogP contribution in [-0.2, 0) is 26.7 Å². The minimum absolute atomic E-state index is 0.00661. The summed E-state index contributed by atoms with van der Waals surface area (Å²) in [7, 11) is 1.79. The van der Waals surface area contributed by atoms with Gasteiger partial charge in [-0.1, -0.05) is 58.9 Å². The summed E-state index contributed by atoms with van der Waals surface area (Å²) in [6.45, 7) is 13.9. The van der Waals surface area contributed by atoms with Crippen LogP contribution in [0.3, 0.4) is 0 Å². The smallest absolute Gasteiger partial charge is 0.309 e. The van der Waals surface area contributed by atoms with Crippen molar-refractivity contribution in [1.29, 1.82) is 5.26 Å². The monoisotopic (exact) mass is 423 g/mol. The third-order valence-corrected chi connectivity index (χ3v) is 4.77. The number of hydrogen-bond acceptors (Lipinski definition) is 5. The second kappa shape index (κ2) is 9.82. The maximum absolute atomic E-state index is 12.1. The number of aromatic nitrogens is 2. The lowest BCUT2D eigenvalue weighted by molar-refractivity contribution is -0.165. The molecule has 0 spiro atoms. The van der Waals surface area contributed by atoms with Crippen LogP contribution in [-0.4, -0.2) is 22.0 Å². The van der Waals surface area contributed by atoms with E-state index in [1.165, 1.54) is 5.56 Å². The molecule has 0 saturated carbocycles. The zero-order valence-electron chi connectivity index (χ0n) is 19.8. The van der Waals surface area contributed by atoms with Gasteiger partial charge in [-0.3, -0.25) is 9.48 Å². The van der Waals surface area contributed by atoms with Crippen molar-refractivity contribution in [1.82, 2.24) is 9.78 Å². The summed E-state index contributed by atoms with van der Waals surface area (Å²) in [5, 5.41) is 14.4. The predicted octanol–water partition coefficient (Wildman–Crippen LogP) is 5.37. The molecule has 0 N–H and O–H groups in total. The highest BCUT2D eigenvalue weighted by Gasteiger charge is 2.22. The molecule has 0 aliphatic rings. The van der Waals surface area contributed by atoms with E-state index in [0.29, 0.717) is 23.4 Å². The minimum Gasteiger partial charge on any atom is -0.451 e. The van der Waals surface area contributed by atoms with E-state index in [2.05, 4.69) is 31.9 Å². The van der Waals surface area contributed by atoms with Gasteiger partial charge in [0.2, 0.25) is 6.29 Å². The van der Waals surface area contributed by atoms with Gasteiger partial charge >= 0.3 is 5.97 Å². The molecule has 166 valence electrons. The molecule has 0 fully saturated rings. The first-order valence-corrected chi connectivity index (χ1v) is 10.5. The molecule has 1 aromatic heterocycles. The molecule has 31 heavy (non-hydrogen) atoms. The van der Waals surface area contributed by atoms with Crippen LogP contribution >= 0.6 is 0 Å². The Hall–Kier alpha value is -3.07. The molecule has 0 saturated heterocycles. The van der Waals surface area contributed by atoms with Crippen molar-refractivity contribution in [3.63, 3.8) is 0 Å². The maximum Gasteiger partial charge on any atom is 0.309 e. The lowest BCUT2D eigenvalue weighted by Crippen LogP contribution is -2.20. The van der Waals surface area contributed by atoms with E-state index in [0.717, 1.165) is 11.3 Å². The largest absolute Gasteiger partial charge is 0.451 e. The number of carbonyl (C=O) groups excluding carboxylic acids is 1. The second-order valence-corrected chi connectivity index (χ2v) is 9.21. The van der Waals surface area contributed by atoms with Crippen LogP contribution in [0.1, 0.15) is 70.5 Å². The quantitative estimate of drug-likeness (QED) is 0.259. The fourth-order valence-corrected chi connectivity index (χ4v) is 3.21. The first kappa shape index (κ1) is 24.2. The Balaban J connectivity index is 2.49. The molecule has 2 rings (SSSR count). The second-order valence-electron chi connectivity index (χ2n) is 9.21. The van der Waals surface area contributed by atoms with Gasteiger partial charge in [0.15, 0.2) is 5.76 Å². The summed E-state index contributed by atoms with van der Waals surface area (Å²) in [6.07, 6.45) is -0.551. The van der Waals surface area contributed by atoms with Crippen molar-refractivity contribution in [2.24, 2.45) is 13.0 Å². The highest BCUT2D eigenvalue weighted by Crippen LogP contribution is 2.31. The standard InChI is InChI=1S/C25H33N3O3/c1-16(2)13-23(29)30-18(4)31-24(22-14-17(3)27-28(22)8)21(15-26)19-9-11-20(12-10-19)25(5,6)7/h9-12,14,16,18H,13H2,1-8H3/b24-21-. The van der Waals surface area contributed by atoms with E-state index in [4.69, 9.17) is 9.47 Å². The Bertz CT molecular complexity index is 987. The minimum atomic E-state index is -0.853. The van der Waals surface area contributed by atoms with Gasteiger partial charge in [0.1, 0.15) is 17.3 Å². The van der Waals surface area contributed by atoms with E-state index in [1.54, 1.807) is 18.7 Å². The summed E-state index contributed by atoms with van der Waals surface area (Å²) in [4.78, 5) is 12.1. The molecule has 0 aliphatic heterocycles. The van der Waals surface area contributed by atoms with E-state index >= 15 is 0 Å². The molecule has 6 heteroatoms. The Kier molecular flexibility index (Phi) is 7.67. The SMILES string of the molecule is Cc1cc(/C(OC(C)OC(=O)CC(C)C)=C(\C#N)c2ccc(C(C)(C)C)cc2)n(C)n1.